The molecule has 31 heavy (non-hydrogen) atoms. The van der Waals surface area contributed by atoms with Gasteiger partial charge in [-0.25, -0.2) is 4.98 Å². The molecule has 1 aliphatic heterocycles. The fraction of sp³-hybridized carbons (Fsp3) is 0.364. The van der Waals surface area contributed by atoms with Crippen LogP contribution in [0.5, 0.6) is 0 Å². The Kier molecular flexibility index (Phi) is 6.43. The number of aromatic amines is 1. The second-order valence-corrected chi connectivity index (χ2v) is 8.08. The lowest BCUT2D eigenvalue weighted by Gasteiger charge is -2.35. The first kappa shape index (κ1) is 21.6. The number of aliphatic hydroxyl groups is 1. The zero-order valence-corrected chi connectivity index (χ0v) is 18.2. The average Bonchev–Trinajstić information content (AvgIpc) is 3.17. The number of nitrogens with zero attached hydrogens (tertiary/aromatic N) is 2. The van der Waals surface area contributed by atoms with Crippen LogP contribution < -0.4 is 15.5 Å². The normalized spacial score (nSPS) is 17.7. The summed E-state index contributed by atoms with van der Waals surface area (Å²) in [4.78, 5) is 22.7. The van der Waals surface area contributed by atoms with Crippen LogP contribution in [0, 0.1) is 6.92 Å². The van der Waals surface area contributed by atoms with Crippen LogP contribution in [0.2, 0.25) is 5.02 Å². The van der Waals surface area contributed by atoms with E-state index in [0.29, 0.717) is 29.5 Å². The van der Waals surface area contributed by atoms with E-state index in [0.717, 1.165) is 28.8 Å². The van der Waals surface area contributed by atoms with Gasteiger partial charge in [0.15, 0.2) is 0 Å². The predicted molar refractivity (Wildman–Crippen MR) is 121 cm³/mol. The number of carbonyl (C=O) groups is 1. The number of aliphatic hydroxyl groups excluding tert-OH is 1. The molecule has 1 saturated heterocycles. The van der Waals surface area contributed by atoms with E-state index in [-0.39, 0.29) is 12.5 Å². The lowest BCUT2D eigenvalue weighted by molar-refractivity contribution is 0.0892. The molecule has 2 atom stereocenters. The quantitative estimate of drug-likeness (QED) is 0.466. The van der Waals surface area contributed by atoms with Crippen LogP contribution in [-0.4, -0.2) is 60.6 Å². The minimum absolute atomic E-state index is 0.226. The van der Waals surface area contributed by atoms with E-state index in [1.54, 1.807) is 25.3 Å². The van der Waals surface area contributed by atoms with Crippen molar-refractivity contribution >= 4 is 34.2 Å². The summed E-state index contributed by atoms with van der Waals surface area (Å²) in [6.07, 6.45) is -0.584. The molecule has 8 nitrogen and oxygen atoms in total. The van der Waals surface area contributed by atoms with Crippen LogP contribution in [-0.2, 0) is 4.74 Å². The Hall–Kier alpha value is -2.65. The fourth-order valence-corrected chi connectivity index (χ4v) is 4.02. The Morgan fingerprint density at radius 1 is 1.39 bits per heavy atom. The van der Waals surface area contributed by atoms with Gasteiger partial charge in [-0.3, -0.25) is 4.79 Å². The molecule has 0 bridgehead atoms. The number of imidazole rings is 1. The lowest BCUT2D eigenvalue weighted by Crippen LogP contribution is -2.51. The van der Waals surface area contributed by atoms with E-state index in [9.17, 15) is 9.90 Å². The Bertz CT molecular complexity index is 1090. The second-order valence-electron chi connectivity index (χ2n) is 7.64. The van der Waals surface area contributed by atoms with Crippen molar-refractivity contribution in [3.05, 3.63) is 58.4 Å². The first-order valence-electron chi connectivity index (χ1n) is 10.2. The fourth-order valence-electron chi connectivity index (χ4n) is 3.85. The van der Waals surface area contributed by atoms with Crippen molar-refractivity contribution in [1.82, 2.24) is 20.6 Å². The molecule has 1 fully saturated rings. The Morgan fingerprint density at radius 3 is 2.97 bits per heavy atom. The molecule has 1 aliphatic rings. The smallest absolute Gasteiger partial charge is 0.251 e. The van der Waals surface area contributed by atoms with E-state index < -0.39 is 12.3 Å². The standard InChI is InChI=1S/C22H26ClN5O3/c1-13-9-14(3-6-19(13)28-8-7-24-11-20(28)29)22(30)27-18(12-31-2)21-25-16-5-4-15(23)10-17(16)26-21/h3-6,9-10,18,20,24,29H,7-8,11-12H2,1-2H3,(H,25,26)(H,27,30)/t18-,20?/m0/s1. The number of hydrogen-bond donors (Lipinski definition) is 4. The Labute approximate surface area is 185 Å². The van der Waals surface area contributed by atoms with Gasteiger partial charge in [0.05, 0.1) is 17.6 Å². The third-order valence-electron chi connectivity index (χ3n) is 5.42. The molecule has 2 aromatic carbocycles. The molecule has 1 unspecified atom stereocenters. The first-order valence-corrected chi connectivity index (χ1v) is 10.5. The SMILES string of the molecule is COC[C@H](NC(=O)c1ccc(N2CCNCC2O)c(C)c1)c1nc2cc(Cl)ccc2[nH]1. The summed E-state index contributed by atoms with van der Waals surface area (Å²) in [5.74, 6) is 0.376. The van der Waals surface area contributed by atoms with Crippen molar-refractivity contribution in [2.45, 2.75) is 19.2 Å². The molecule has 1 aromatic heterocycles. The number of fused-ring (bicyclic) bond motifs is 1. The van der Waals surface area contributed by atoms with Gasteiger partial charge in [-0.05, 0) is 48.9 Å². The number of halogens is 1. The second kappa shape index (κ2) is 9.23. The summed E-state index contributed by atoms with van der Waals surface area (Å²) in [7, 11) is 1.58. The maximum atomic E-state index is 13.0. The highest BCUT2D eigenvalue weighted by Crippen LogP contribution is 2.25. The highest BCUT2D eigenvalue weighted by molar-refractivity contribution is 6.31. The van der Waals surface area contributed by atoms with Crippen LogP contribution in [0.15, 0.2) is 36.4 Å². The van der Waals surface area contributed by atoms with Crippen molar-refractivity contribution in [3.8, 4) is 0 Å². The number of amides is 1. The maximum Gasteiger partial charge on any atom is 0.251 e. The Balaban J connectivity index is 1.53. The highest BCUT2D eigenvalue weighted by atomic mass is 35.5. The van der Waals surface area contributed by atoms with Crippen LogP contribution in [0.4, 0.5) is 5.69 Å². The molecular weight excluding hydrogens is 418 g/mol. The Morgan fingerprint density at radius 2 is 2.23 bits per heavy atom. The molecule has 9 heteroatoms. The van der Waals surface area contributed by atoms with Gasteiger partial charge in [-0.2, -0.15) is 0 Å². The molecular formula is C22H26ClN5O3. The van der Waals surface area contributed by atoms with E-state index >= 15 is 0 Å². The van der Waals surface area contributed by atoms with Crippen molar-refractivity contribution in [3.63, 3.8) is 0 Å². The van der Waals surface area contributed by atoms with Gasteiger partial charge >= 0.3 is 0 Å². The van der Waals surface area contributed by atoms with E-state index in [1.807, 2.05) is 30.0 Å². The van der Waals surface area contributed by atoms with Crippen molar-refractivity contribution in [2.24, 2.45) is 0 Å². The van der Waals surface area contributed by atoms with Gasteiger partial charge < -0.3 is 30.4 Å². The molecule has 164 valence electrons. The number of benzene rings is 2. The monoisotopic (exact) mass is 443 g/mol. The molecule has 0 spiro atoms. The van der Waals surface area contributed by atoms with Crippen LogP contribution in [0.1, 0.15) is 27.8 Å². The van der Waals surface area contributed by atoms with Crippen molar-refractivity contribution < 1.29 is 14.6 Å². The van der Waals surface area contributed by atoms with Gasteiger partial charge in [0, 0.05) is 43.0 Å². The summed E-state index contributed by atoms with van der Waals surface area (Å²) >= 11 is 6.05. The lowest BCUT2D eigenvalue weighted by atomic mass is 10.1. The van der Waals surface area contributed by atoms with Gasteiger partial charge in [-0.15, -0.1) is 0 Å². The van der Waals surface area contributed by atoms with Gasteiger partial charge in [0.1, 0.15) is 18.1 Å². The molecule has 3 aromatic rings. The number of aryl methyl sites for hydroxylation is 1. The summed E-state index contributed by atoms with van der Waals surface area (Å²) in [5.41, 5.74) is 3.95. The summed E-state index contributed by atoms with van der Waals surface area (Å²) in [6.45, 7) is 4.24. The maximum absolute atomic E-state index is 13.0. The number of anilines is 1. The minimum atomic E-state index is -0.584. The molecule has 4 rings (SSSR count). The van der Waals surface area contributed by atoms with Crippen LogP contribution >= 0.6 is 11.6 Å². The zero-order chi connectivity index (χ0) is 22.0. The number of hydrogen-bond acceptors (Lipinski definition) is 6. The highest BCUT2D eigenvalue weighted by Gasteiger charge is 2.23. The molecule has 0 saturated carbocycles. The molecule has 2 heterocycles. The predicted octanol–water partition coefficient (Wildman–Crippen LogP) is 2.37. The molecule has 1 amide bonds. The van der Waals surface area contributed by atoms with E-state index in [4.69, 9.17) is 16.3 Å². The largest absolute Gasteiger partial charge is 0.382 e. The third-order valence-corrected chi connectivity index (χ3v) is 5.65. The molecule has 4 N–H and O–H groups in total. The minimum Gasteiger partial charge on any atom is -0.382 e. The molecule has 0 aliphatic carbocycles. The zero-order valence-electron chi connectivity index (χ0n) is 17.5. The number of methoxy groups -OCH3 is 1. The first-order chi connectivity index (χ1) is 15.0. The number of nitrogens with one attached hydrogen (secondary N) is 3. The number of H-pyrrole nitrogens is 1. The van der Waals surface area contributed by atoms with Crippen molar-refractivity contribution in [1.29, 1.82) is 0 Å². The van der Waals surface area contributed by atoms with Gasteiger partial charge in [0.2, 0.25) is 0 Å². The van der Waals surface area contributed by atoms with Crippen molar-refractivity contribution in [2.75, 3.05) is 38.3 Å². The number of aromatic nitrogens is 2. The number of ether oxygens (including phenoxy) is 1. The number of piperazine rings is 1. The summed E-state index contributed by atoms with van der Waals surface area (Å²) in [5, 5.41) is 17.0. The summed E-state index contributed by atoms with van der Waals surface area (Å²) in [6, 6.07) is 10.5. The van der Waals surface area contributed by atoms with Crippen LogP contribution in [0.3, 0.4) is 0 Å². The van der Waals surface area contributed by atoms with Gasteiger partial charge in [0.25, 0.3) is 5.91 Å². The van der Waals surface area contributed by atoms with Crippen LogP contribution in [0.25, 0.3) is 11.0 Å². The van der Waals surface area contributed by atoms with E-state index in [1.165, 1.54) is 0 Å². The van der Waals surface area contributed by atoms with E-state index in [2.05, 4.69) is 20.6 Å². The van der Waals surface area contributed by atoms with Gasteiger partial charge in [-0.1, -0.05) is 11.6 Å². The number of carbonyl (C=O) groups excluding carboxylic acids is 1. The number of rotatable bonds is 6. The summed E-state index contributed by atoms with van der Waals surface area (Å²) < 4.78 is 5.31. The average molecular weight is 444 g/mol. The third kappa shape index (κ3) is 4.67. The number of β-amino-alcohol motifs (C(OH)–C–C–N with tert-alkyl or cyclic N) is 1. The topological polar surface area (TPSA) is 103 Å². The molecule has 0 radical (unpaired) electrons.